The van der Waals surface area contributed by atoms with Crippen LogP contribution in [-0.4, -0.2) is 5.97 Å². The van der Waals surface area contributed by atoms with E-state index < -0.39 is 5.97 Å². The second kappa shape index (κ2) is 6.82. The van der Waals surface area contributed by atoms with Gasteiger partial charge in [-0.2, -0.15) is 0 Å². The number of carboxylic acid groups (broad SMARTS) is 1. The van der Waals surface area contributed by atoms with Crippen molar-refractivity contribution >= 4 is 5.97 Å². The van der Waals surface area contributed by atoms with Gasteiger partial charge in [-0.3, -0.25) is 0 Å². The molecule has 8 atom stereocenters. The van der Waals surface area contributed by atoms with Crippen molar-refractivity contribution in [1.82, 2.24) is 0 Å². The largest absolute Gasteiger partial charge is 0.550 e. The lowest BCUT2D eigenvalue weighted by atomic mass is 9.44. The number of fused-ring (bicyclic) bond motifs is 5. The molecule has 4 rings (SSSR count). The molecule has 0 aliphatic heterocycles. The predicted molar refractivity (Wildman–Crippen MR) is 103 cm³/mol. The molecule has 4 aliphatic carbocycles. The molecule has 0 spiro atoms. The number of carboxylic acids is 1. The zero-order valence-corrected chi connectivity index (χ0v) is 17.3. The van der Waals surface area contributed by atoms with Crippen LogP contribution < -0.4 is 5.11 Å². The topological polar surface area (TPSA) is 40.1 Å². The molecule has 0 saturated heterocycles. The highest BCUT2D eigenvalue weighted by molar-refractivity contribution is 5.64. The van der Waals surface area contributed by atoms with Crippen molar-refractivity contribution in [1.29, 1.82) is 0 Å². The summed E-state index contributed by atoms with van der Waals surface area (Å²) in [6.45, 7) is 7.55. The molecule has 0 bridgehead atoms. The summed E-state index contributed by atoms with van der Waals surface area (Å²) in [5, 5.41) is 10.9. The molecule has 0 amide bonds. The van der Waals surface area contributed by atoms with Crippen LogP contribution in [0.2, 0.25) is 0 Å². The van der Waals surface area contributed by atoms with Crippen LogP contribution in [0.1, 0.15) is 97.8 Å². The number of aliphatic carboxylic acids is 1. The number of hydrogen-bond donors (Lipinski definition) is 0. The minimum Gasteiger partial charge on any atom is -0.550 e. The third-order valence-corrected chi connectivity index (χ3v) is 10.1. The van der Waals surface area contributed by atoms with Gasteiger partial charge in [-0.15, -0.1) is 0 Å². The fraction of sp³-hybridized carbons (Fsp3) is 0.958. The van der Waals surface area contributed by atoms with Crippen molar-refractivity contribution in [3.63, 3.8) is 0 Å². The van der Waals surface area contributed by atoms with Crippen molar-refractivity contribution in [3.8, 4) is 0 Å². The van der Waals surface area contributed by atoms with Gasteiger partial charge in [-0.25, -0.2) is 0 Å². The van der Waals surface area contributed by atoms with Crippen LogP contribution in [0.5, 0.6) is 0 Å². The van der Waals surface area contributed by atoms with Gasteiger partial charge in [-0.1, -0.05) is 33.6 Å². The van der Waals surface area contributed by atoms with Crippen molar-refractivity contribution in [2.75, 3.05) is 0 Å². The second-order valence-corrected chi connectivity index (χ2v) is 11.0. The second-order valence-electron chi connectivity index (χ2n) is 11.0. The van der Waals surface area contributed by atoms with Gasteiger partial charge in [0.1, 0.15) is 0 Å². The van der Waals surface area contributed by atoms with Gasteiger partial charge in [-0.05, 0) is 111 Å². The monoisotopic (exact) mass is 359 g/mol. The molecule has 26 heavy (non-hydrogen) atoms. The maximum atomic E-state index is 10.9. The minimum atomic E-state index is -0.871. The SMILES string of the molecule is C[C@H](CCC(=O)[O-])[C@H]1CC[C@H]2[C@@H]3CC[C@H]4CCCC[C@]4(C)[C@H]3CC[C@]12C. The van der Waals surface area contributed by atoms with Gasteiger partial charge in [0.2, 0.25) is 0 Å². The molecule has 0 aromatic rings. The minimum absolute atomic E-state index is 0.240. The average molecular weight is 360 g/mol. The Bertz CT molecular complexity index is 542. The summed E-state index contributed by atoms with van der Waals surface area (Å²) in [6.07, 6.45) is 15.5. The van der Waals surface area contributed by atoms with Gasteiger partial charge >= 0.3 is 0 Å². The van der Waals surface area contributed by atoms with Gasteiger partial charge < -0.3 is 9.90 Å². The van der Waals surface area contributed by atoms with E-state index in [1.807, 2.05) is 0 Å². The summed E-state index contributed by atoms with van der Waals surface area (Å²) in [5.41, 5.74) is 1.09. The van der Waals surface area contributed by atoms with Crippen LogP contribution in [0.25, 0.3) is 0 Å². The molecule has 4 aliphatic rings. The van der Waals surface area contributed by atoms with Gasteiger partial charge in [0.05, 0.1) is 0 Å². The van der Waals surface area contributed by atoms with Crippen molar-refractivity contribution in [2.24, 2.45) is 46.3 Å². The van der Waals surface area contributed by atoms with E-state index in [1.54, 1.807) is 0 Å². The Morgan fingerprint density at radius 1 is 0.962 bits per heavy atom. The van der Waals surface area contributed by atoms with Crippen LogP contribution in [0.3, 0.4) is 0 Å². The third-order valence-electron chi connectivity index (χ3n) is 10.1. The van der Waals surface area contributed by atoms with E-state index in [2.05, 4.69) is 20.8 Å². The van der Waals surface area contributed by atoms with Crippen LogP contribution in [0, 0.1) is 46.3 Å². The normalized spacial score (nSPS) is 49.0. The van der Waals surface area contributed by atoms with E-state index in [0.29, 0.717) is 16.7 Å². The van der Waals surface area contributed by atoms with Crippen molar-refractivity contribution < 1.29 is 9.90 Å². The number of carbonyl (C=O) groups excluding carboxylic acids is 1. The first-order chi connectivity index (χ1) is 12.4. The quantitative estimate of drug-likeness (QED) is 0.692. The molecule has 0 unspecified atom stereocenters. The van der Waals surface area contributed by atoms with E-state index in [9.17, 15) is 9.90 Å². The van der Waals surface area contributed by atoms with Crippen LogP contribution >= 0.6 is 0 Å². The Morgan fingerprint density at radius 2 is 1.73 bits per heavy atom. The smallest absolute Gasteiger partial charge is 0.0414 e. The Labute approximate surface area is 160 Å². The molecule has 0 radical (unpaired) electrons. The lowest BCUT2D eigenvalue weighted by Gasteiger charge is -2.61. The highest BCUT2D eigenvalue weighted by Crippen LogP contribution is 2.68. The molecule has 4 saturated carbocycles. The van der Waals surface area contributed by atoms with Crippen LogP contribution in [-0.2, 0) is 4.79 Å². The molecule has 2 nitrogen and oxygen atoms in total. The molecular weight excluding hydrogens is 320 g/mol. The van der Waals surface area contributed by atoms with E-state index in [1.165, 1.54) is 64.2 Å². The summed E-state index contributed by atoms with van der Waals surface area (Å²) >= 11 is 0. The fourth-order valence-corrected chi connectivity index (χ4v) is 8.82. The van der Waals surface area contributed by atoms with Crippen molar-refractivity contribution in [2.45, 2.75) is 97.8 Å². The Balaban J connectivity index is 1.52. The van der Waals surface area contributed by atoms with E-state index in [0.717, 1.165) is 36.0 Å². The molecule has 0 aromatic heterocycles. The zero-order chi connectivity index (χ0) is 18.5. The van der Waals surface area contributed by atoms with Gasteiger partial charge in [0.25, 0.3) is 0 Å². The summed E-state index contributed by atoms with van der Waals surface area (Å²) in [5.74, 6) is 4.20. The van der Waals surface area contributed by atoms with Gasteiger partial charge in [0.15, 0.2) is 0 Å². The maximum absolute atomic E-state index is 10.9. The molecule has 4 fully saturated rings. The highest BCUT2D eigenvalue weighted by Gasteiger charge is 2.59. The number of rotatable bonds is 4. The molecule has 0 N–H and O–H groups in total. The summed E-state index contributed by atoms with van der Waals surface area (Å²) in [4.78, 5) is 10.9. The van der Waals surface area contributed by atoms with E-state index in [4.69, 9.17) is 0 Å². The number of carbonyl (C=O) groups is 1. The lowest BCUT2D eigenvalue weighted by molar-refractivity contribution is -0.306. The molecule has 2 heteroatoms. The maximum Gasteiger partial charge on any atom is 0.0414 e. The first-order valence-electron chi connectivity index (χ1n) is 11.6. The van der Waals surface area contributed by atoms with E-state index in [-0.39, 0.29) is 6.42 Å². The Morgan fingerprint density at radius 3 is 2.50 bits per heavy atom. The molecule has 148 valence electrons. The standard InChI is InChI=1S/C24H40O2/c1-16(7-12-22(25)26)19-10-11-20-18-9-8-17-6-4-5-14-23(17,2)21(18)13-15-24(19,20)3/h16-21H,4-15H2,1-3H3,(H,25,26)/p-1/t16-,17-,18+,19-,20+,21+,23+,24-/m1/s1. The molecule has 0 heterocycles. The summed E-state index contributed by atoms with van der Waals surface area (Å²) in [6, 6.07) is 0. The van der Waals surface area contributed by atoms with E-state index >= 15 is 0 Å². The first kappa shape index (κ1) is 18.8. The third kappa shape index (κ3) is 2.85. The fourth-order valence-electron chi connectivity index (χ4n) is 8.82. The Kier molecular flexibility index (Phi) is 4.93. The van der Waals surface area contributed by atoms with Crippen LogP contribution in [0.4, 0.5) is 0 Å². The lowest BCUT2D eigenvalue weighted by Crippen LogP contribution is -2.53. The average Bonchev–Trinajstić information content (AvgIpc) is 2.96. The Hall–Kier alpha value is -0.530. The zero-order valence-electron chi connectivity index (χ0n) is 17.3. The van der Waals surface area contributed by atoms with Gasteiger partial charge in [0, 0.05) is 5.97 Å². The number of hydrogen-bond acceptors (Lipinski definition) is 2. The highest BCUT2D eigenvalue weighted by atomic mass is 16.4. The summed E-state index contributed by atoms with van der Waals surface area (Å²) in [7, 11) is 0. The predicted octanol–water partition coefficient (Wildman–Crippen LogP) is 5.20. The molecular formula is C24H39O2-. The van der Waals surface area contributed by atoms with Crippen LogP contribution in [0.15, 0.2) is 0 Å². The molecule has 0 aromatic carbocycles. The van der Waals surface area contributed by atoms with Crippen molar-refractivity contribution in [3.05, 3.63) is 0 Å². The first-order valence-corrected chi connectivity index (χ1v) is 11.6. The summed E-state index contributed by atoms with van der Waals surface area (Å²) < 4.78 is 0.